The SMILES string of the molecule is CC(C)[C@H](NC(=O)[C@H](COP(=O)(O)O)NC(=O)[C@H](CCCCN)NC(=O)[C@H](CCCN=C(N)N)NC(=O)[C@H](CCCN=C(N)N)NC(=O)[C@@H](N)CCCCN)C(=O)O. The highest BCUT2D eigenvalue weighted by atomic mass is 31.2. The summed E-state index contributed by atoms with van der Waals surface area (Å²) in [5.41, 5.74) is 38.9. The first-order valence-electron chi connectivity index (χ1n) is 18.8. The van der Waals surface area contributed by atoms with Crippen LogP contribution in [-0.4, -0.2) is 131 Å². The highest BCUT2D eigenvalue weighted by Crippen LogP contribution is 2.35. The number of unbranched alkanes of at least 4 members (excludes halogenated alkanes) is 2. The fraction of sp³-hybridized carbons (Fsp3) is 0.750. The largest absolute Gasteiger partial charge is 0.480 e. The summed E-state index contributed by atoms with van der Waals surface area (Å²) in [7, 11) is -5.18. The Morgan fingerprint density at radius 3 is 1.36 bits per heavy atom. The molecule has 334 valence electrons. The summed E-state index contributed by atoms with van der Waals surface area (Å²) >= 11 is 0. The second-order valence-corrected chi connectivity index (χ2v) is 14.9. The van der Waals surface area contributed by atoms with Crippen LogP contribution < -0.4 is 66.7 Å². The van der Waals surface area contributed by atoms with Gasteiger partial charge in [0.05, 0.1) is 12.6 Å². The standard InChI is InChI=1S/C32H65N14O11P/c1-18(2)24(30(52)53)46-29(51)23(17-57-58(54,55)56)45-28(50)20(10-4-6-14-34)43-27(49)22(12-8-16-41-32(38)39)44-26(48)21(11-7-15-40-31(36)37)42-25(47)19(35)9-3-5-13-33/h18-24H,3-17,33-35H2,1-2H3,(H,42,47)(H,43,49)(H,44,48)(H,45,50)(H,46,51)(H,52,53)(H4,36,37,40)(H4,38,39,41)(H2,54,55,56)/t19-,20-,21-,22-,23-,24-/m0/s1. The molecule has 0 unspecified atom stereocenters. The Balaban J connectivity index is 6.57. The van der Waals surface area contributed by atoms with Crippen LogP contribution in [0.1, 0.15) is 78.1 Å². The number of aliphatic carboxylic acids is 1. The van der Waals surface area contributed by atoms with Crippen LogP contribution in [0, 0.1) is 5.92 Å². The molecular formula is C32H65N14O11P. The van der Waals surface area contributed by atoms with Gasteiger partial charge in [0.25, 0.3) is 0 Å². The lowest BCUT2D eigenvalue weighted by molar-refractivity contribution is -0.143. The number of carbonyl (C=O) groups excluding carboxylic acids is 5. The van der Waals surface area contributed by atoms with Gasteiger partial charge in [0, 0.05) is 13.1 Å². The van der Waals surface area contributed by atoms with Gasteiger partial charge in [0.2, 0.25) is 29.5 Å². The number of nitrogens with two attached hydrogens (primary N) is 7. The number of amides is 5. The average Bonchev–Trinajstić information content (AvgIpc) is 3.12. The minimum Gasteiger partial charge on any atom is -0.480 e. The number of nitrogens with one attached hydrogen (secondary N) is 5. The number of hydrogen-bond acceptors (Lipinski definition) is 13. The van der Waals surface area contributed by atoms with Crippen LogP contribution in [0.15, 0.2) is 9.98 Å². The summed E-state index contributed by atoms with van der Waals surface area (Å²) in [4.78, 5) is 106. The van der Waals surface area contributed by atoms with Crippen molar-refractivity contribution in [2.75, 3.05) is 32.8 Å². The van der Waals surface area contributed by atoms with Crippen LogP contribution in [0.4, 0.5) is 0 Å². The molecule has 0 aromatic carbocycles. The number of carboxylic acid groups (broad SMARTS) is 1. The molecule has 6 atom stereocenters. The number of phosphoric acid groups is 1. The highest BCUT2D eigenvalue weighted by molar-refractivity contribution is 7.46. The molecule has 0 aromatic rings. The van der Waals surface area contributed by atoms with Gasteiger partial charge >= 0.3 is 13.8 Å². The maximum Gasteiger partial charge on any atom is 0.469 e. The summed E-state index contributed by atoms with van der Waals surface area (Å²) in [5.74, 6) is -6.92. The third-order valence-electron chi connectivity index (χ3n) is 8.32. The average molecular weight is 853 g/mol. The lowest BCUT2D eigenvalue weighted by Crippen LogP contribution is -2.60. The molecule has 0 saturated carbocycles. The highest BCUT2D eigenvalue weighted by Gasteiger charge is 2.34. The molecule has 0 aliphatic heterocycles. The van der Waals surface area contributed by atoms with Gasteiger partial charge in [-0.2, -0.15) is 0 Å². The Morgan fingerprint density at radius 1 is 0.603 bits per heavy atom. The van der Waals surface area contributed by atoms with E-state index in [1.165, 1.54) is 13.8 Å². The zero-order valence-electron chi connectivity index (χ0n) is 33.1. The molecule has 0 bridgehead atoms. The molecule has 0 saturated heterocycles. The van der Waals surface area contributed by atoms with E-state index >= 15 is 0 Å². The number of carbonyl (C=O) groups is 6. The lowest BCUT2D eigenvalue weighted by Gasteiger charge is -2.27. The van der Waals surface area contributed by atoms with Crippen LogP contribution in [0.3, 0.4) is 0 Å². The second kappa shape index (κ2) is 28.7. The van der Waals surface area contributed by atoms with Crippen molar-refractivity contribution in [3.05, 3.63) is 0 Å². The third kappa shape index (κ3) is 24.2. The van der Waals surface area contributed by atoms with Gasteiger partial charge in [-0.15, -0.1) is 0 Å². The van der Waals surface area contributed by atoms with Crippen LogP contribution in [0.2, 0.25) is 0 Å². The first-order chi connectivity index (χ1) is 27.1. The molecule has 0 spiro atoms. The summed E-state index contributed by atoms with van der Waals surface area (Å²) < 4.78 is 16.0. The normalized spacial score (nSPS) is 14.4. The number of aliphatic imine (C=N–C) groups is 2. The van der Waals surface area contributed by atoms with Crippen molar-refractivity contribution in [1.29, 1.82) is 0 Å². The first kappa shape index (κ1) is 53.4. The molecule has 0 aliphatic rings. The van der Waals surface area contributed by atoms with Crippen molar-refractivity contribution in [1.82, 2.24) is 26.6 Å². The van der Waals surface area contributed by atoms with Crippen LogP contribution in [0.25, 0.3) is 0 Å². The molecule has 0 fully saturated rings. The molecule has 26 heteroatoms. The molecule has 22 N–H and O–H groups in total. The van der Waals surface area contributed by atoms with Crippen molar-refractivity contribution in [2.24, 2.45) is 56.0 Å². The maximum absolute atomic E-state index is 13.9. The number of carboxylic acids is 1. The van der Waals surface area contributed by atoms with Crippen LogP contribution >= 0.6 is 7.82 Å². The van der Waals surface area contributed by atoms with Gasteiger partial charge in [-0.1, -0.05) is 20.3 Å². The smallest absolute Gasteiger partial charge is 0.469 e. The Labute approximate surface area is 337 Å². The second-order valence-electron chi connectivity index (χ2n) is 13.7. The molecule has 5 amide bonds. The van der Waals surface area contributed by atoms with Crippen LogP contribution in [-0.2, 0) is 37.9 Å². The molecule has 0 aliphatic carbocycles. The molecule has 0 radical (unpaired) electrons. The van der Waals surface area contributed by atoms with Gasteiger partial charge in [0.1, 0.15) is 30.2 Å². The number of phosphoric ester groups is 1. The fourth-order valence-corrected chi connectivity index (χ4v) is 5.51. The molecule has 0 rings (SSSR count). The number of hydrogen-bond donors (Lipinski definition) is 15. The predicted octanol–water partition coefficient (Wildman–Crippen LogP) is -5.05. The number of guanidine groups is 2. The van der Waals surface area contributed by atoms with Gasteiger partial charge in [-0.05, 0) is 76.8 Å². The Kier molecular flexibility index (Phi) is 26.4. The topological polar surface area (TPSA) is 456 Å². The van der Waals surface area contributed by atoms with Gasteiger partial charge < -0.3 is 81.6 Å². The summed E-state index contributed by atoms with van der Waals surface area (Å²) in [6, 6.07) is -8.26. The molecular weight excluding hydrogens is 787 g/mol. The predicted molar refractivity (Wildman–Crippen MR) is 214 cm³/mol. The van der Waals surface area contributed by atoms with Gasteiger partial charge in [-0.3, -0.25) is 38.5 Å². The van der Waals surface area contributed by atoms with E-state index in [-0.39, 0.29) is 70.1 Å². The Hall–Kier alpha value is -4.65. The number of rotatable bonds is 31. The third-order valence-corrected chi connectivity index (χ3v) is 8.80. The van der Waals surface area contributed by atoms with E-state index in [0.717, 1.165) is 0 Å². The first-order valence-corrected chi connectivity index (χ1v) is 20.4. The van der Waals surface area contributed by atoms with Gasteiger partial charge in [0.15, 0.2) is 11.9 Å². The zero-order chi connectivity index (χ0) is 44.4. The monoisotopic (exact) mass is 852 g/mol. The van der Waals surface area contributed by atoms with Gasteiger partial charge in [-0.25, -0.2) is 9.36 Å². The van der Waals surface area contributed by atoms with Crippen molar-refractivity contribution in [3.63, 3.8) is 0 Å². The van der Waals surface area contributed by atoms with Crippen molar-refractivity contribution < 1.29 is 52.7 Å². The van der Waals surface area contributed by atoms with E-state index in [0.29, 0.717) is 32.2 Å². The van der Waals surface area contributed by atoms with Crippen molar-refractivity contribution in [3.8, 4) is 0 Å². The van der Waals surface area contributed by atoms with Crippen LogP contribution in [0.5, 0.6) is 0 Å². The van der Waals surface area contributed by atoms with E-state index in [2.05, 4.69) is 41.1 Å². The molecule has 0 aromatic heterocycles. The minimum atomic E-state index is -5.18. The lowest BCUT2D eigenvalue weighted by atomic mass is 10.0. The summed E-state index contributed by atoms with van der Waals surface area (Å²) in [6.45, 7) is 2.69. The van der Waals surface area contributed by atoms with Crippen molar-refractivity contribution in [2.45, 2.75) is 114 Å². The minimum absolute atomic E-state index is 0.0238. The Bertz CT molecular complexity index is 1420. The molecule has 0 heterocycles. The van der Waals surface area contributed by atoms with E-state index in [9.17, 15) is 48.2 Å². The van der Waals surface area contributed by atoms with Crippen molar-refractivity contribution >= 4 is 55.2 Å². The van der Waals surface area contributed by atoms with E-state index < -0.39 is 92.1 Å². The van der Waals surface area contributed by atoms with E-state index in [1.807, 2.05) is 0 Å². The quantitative estimate of drug-likeness (QED) is 0.0134. The molecule has 58 heavy (non-hydrogen) atoms. The Morgan fingerprint density at radius 2 is 0.983 bits per heavy atom. The summed E-state index contributed by atoms with van der Waals surface area (Å²) in [6.07, 6.45) is 2.42. The van der Waals surface area contributed by atoms with E-state index in [1.54, 1.807) is 0 Å². The molecule has 25 nitrogen and oxygen atoms in total. The maximum atomic E-state index is 13.9. The zero-order valence-corrected chi connectivity index (χ0v) is 34.0. The fourth-order valence-electron chi connectivity index (χ4n) is 5.16. The summed E-state index contributed by atoms with van der Waals surface area (Å²) in [5, 5.41) is 21.8. The number of nitrogens with zero attached hydrogens (tertiary/aromatic N) is 2. The van der Waals surface area contributed by atoms with E-state index in [4.69, 9.17) is 40.1 Å².